The molecule has 0 rings (SSSR count). The van der Waals surface area contributed by atoms with Crippen LogP contribution in [0.2, 0.25) is 0 Å². The Labute approximate surface area is 103 Å². The minimum absolute atomic E-state index is 0.359. The molecule has 0 aromatic heterocycles. The molecule has 1 nitrogen and oxygen atoms in total. The Morgan fingerprint density at radius 3 is 1.88 bits per heavy atom. The Morgan fingerprint density at radius 1 is 1.00 bits per heavy atom. The van der Waals surface area contributed by atoms with Crippen LogP contribution in [0.15, 0.2) is 0 Å². The standard InChI is InChI=1S/C15H32O/c1-7-9-11-15(16,13(5)6)14(10-8-2)12(3)4/h12-14,16H,7-11H2,1-6H3. The Balaban J connectivity index is 4.80. The van der Waals surface area contributed by atoms with E-state index in [4.69, 9.17) is 0 Å². The van der Waals surface area contributed by atoms with E-state index in [2.05, 4.69) is 41.5 Å². The molecule has 0 amide bonds. The van der Waals surface area contributed by atoms with Gasteiger partial charge in [0.05, 0.1) is 5.60 Å². The van der Waals surface area contributed by atoms with Crippen LogP contribution in [0.4, 0.5) is 0 Å². The molecule has 0 spiro atoms. The van der Waals surface area contributed by atoms with Crippen LogP contribution in [-0.4, -0.2) is 10.7 Å². The topological polar surface area (TPSA) is 20.2 Å². The molecule has 1 heteroatoms. The highest BCUT2D eigenvalue weighted by Gasteiger charge is 2.39. The van der Waals surface area contributed by atoms with Gasteiger partial charge in [0.2, 0.25) is 0 Å². The average Bonchev–Trinajstić information content (AvgIpc) is 2.21. The number of hydrogen-bond donors (Lipinski definition) is 1. The van der Waals surface area contributed by atoms with Gasteiger partial charge in [0.1, 0.15) is 0 Å². The lowest BCUT2D eigenvalue weighted by Gasteiger charge is -2.42. The van der Waals surface area contributed by atoms with E-state index < -0.39 is 5.60 Å². The number of rotatable bonds is 8. The maximum atomic E-state index is 11.0. The molecule has 0 saturated carbocycles. The van der Waals surface area contributed by atoms with Gasteiger partial charge in [0.15, 0.2) is 0 Å². The second kappa shape index (κ2) is 7.32. The molecule has 0 aromatic rings. The Hall–Kier alpha value is -0.0400. The largest absolute Gasteiger partial charge is 0.389 e. The summed E-state index contributed by atoms with van der Waals surface area (Å²) in [6, 6.07) is 0. The highest BCUT2D eigenvalue weighted by atomic mass is 16.3. The van der Waals surface area contributed by atoms with E-state index in [1.807, 2.05) is 0 Å². The third-order valence-corrected chi connectivity index (χ3v) is 3.98. The summed E-state index contributed by atoms with van der Waals surface area (Å²) in [6.45, 7) is 13.3. The van der Waals surface area contributed by atoms with Gasteiger partial charge >= 0.3 is 0 Å². The Kier molecular flexibility index (Phi) is 7.30. The third-order valence-electron chi connectivity index (χ3n) is 3.98. The van der Waals surface area contributed by atoms with Crippen molar-refractivity contribution in [3.05, 3.63) is 0 Å². The minimum Gasteiger partial charge on any atom is -0.389 e. The first-order valence-corrected chi connectivity index (χ1v) is 7.12. The summed E-state index contributed by atoms with van der Waals surface area (Å²) in [5.74, 6) is 1.38. The first-order valence-electron chi connectivity index (χ1n) is 7.12. The highest BCUT2D eigenvalue weighted by molar-refractivity contribution is 4.90. The SMILES string of the molecule is CCCCC(O)(C(C)C)C(CCC)C(C)C. The minimum atomic E-state index is -0.458. The van der Waals surface area contributed by atoms with Crippen LogP contribution in [-0.2, 0) is 0 Å². The zero-order valence-corrected chi connectivity index (χ0v) is 12.2. The second-order valence-electron chi connectivity index (χ2n) is 5.89. The highest BCUT2D eigenvalue weighted by Crippen LogP contribution is 2.38. The van der Waals surface area contributed by atoms with E-state index in [1.54, 1.807) is 0 Å². The van der Waals surface area contributed by atoms with Gasteiger partial charge in [-0.05, 0) is 30.6 Å². The van der Waals surface area contributed by atoms with Gasteiger partial charge in [-0.2, -0.15) is 0 Å². The van der Waals surface area contributed by atoms with Crippen LogP contribution in [0.3, 0.4) is 0 Å². The van der Waals surface area contributed by atoms with Gasteiger partial charge in [-0.25, -0.2) is 0 Å². The van der Waals surface area contributed by atoms with Crippen molar-refractivity contribution in [3.63, 3.8) is 0 Å². The zero-order valence-electron chi connectivity index (χ0n) is 12.2. The summed E-state index contributed by atoms with van der Waals surface area (Å²) < 4.78 is 0. The van der Waals surface area contributed by atoms with Gasteiger partial charge in [0.25, 0.3) is 0 Å². The van der Waals surface area contributed by atoms with Gasteiger partial charge in [0, 0.05) is 0 Å². The molecule has 0 bridgehead atoms. The number of unbranched alkanes of at least 4 members (excludes halogenated alkanes) is 1. The van der Waals surface area contributed by atoms with E-state index >= 15 is 0 Å². The molecule has 0 heterocycles. The Morgan fingerprint density at radius 2 is 1.56 bits per heavy atom. The van der Waals surface area contributed by atoms with Gasteiger partial charge < -0.3 is 5.11 Å². The third kappa shape index (κ3) is 4.08. The fourth-order valence-corrected chi connectivity index (χ4v) is 2.83. The van der Waals surface area contributed by atoms with Crippen LogP contribution in [0.1, 0.15) is 73.6 Å². The molecule has 0 aliphatic carbocycles. The maximum Gasteiger partial charge on any atom is 0.0701 e. The molecule has 98 valence electrons. The monoisotopic (exact) mass is 228 g/mol. The predicted octanol–water partition coefficient (Wildman–Crippen LogP) is 4.64. The molecule has 0 aromatic carbocycles. The van der Waals surface area contributed by atoms with E-state index in [0.717, 1.165) is 19.3 Å². The van der Waals surface area contributed by atoms with Crippen LogP contribution >= 0.6 is 0 Å². The molecular formula is C15H32O. The fraction of sp³-hybridized carbons (Fsp3) is 1.00. The predicted molar refractivity (Wildman–Crippen MR) is 72.5 cm³/mol. The lowest BCUT2D eigenvalue weighted by atomic mass is 9.69. The fourth-order valence-electron chi connectivity index (χ4n) is 2.83. The van der Waals surface area contributed by atoms with Gasteiger partial charge in [-0.3, -0.25) is 0 Å². The first-order chi connectivity index (χ1) is 7.40. The van der Waals surface area contributed by atoms with Crippen molar-refractivity contribution < 1.29 is 5.11 Å². The summed E-state index contributed by atoms with van der Waals surface area (Å²) in [7, 11) is 0. The van der Waals surface area contributed by atoms with Crippen molar-refractivity contribution in [1.82, 2.24) is 0 Å². The van der Waals surface area contributed by atoms with Gasteiger partial charge in [-0.15, -0.1) is 0 Å². The molecule has 0 saturated heterocycles. The quantitative estimate of drug-likeness (QED) is 0.642. The number of aliphatic hydroxyl groups is 1. The molecule has 0 aliphatic rings. The van der Waals surface area contributed by atoms with E-state index in [0.29, 0.717) is 17.8 Å². The van der Waals surface area contributed by atoms with Crippen molar-refractivity contribution in [2.24, 2.45) is 17.8 Å². The number of hydrogen-bond acceptors (Lipinski definition) is 1. The lowest BCUT2D eigenvalue weighted by molar-refractivity contribution is -0.0855. The molecule has 0 fully saturated rings. The first kappa shape index (κ1) is 16.0. The zero-order chi connectivity index (χ0) is 12.8. The normalized spacial score (nSPS) is 17.8. The van der Waals surface area contributed by atoms with Crippen molar-refractivity contribution in [3.8, 4) is 0 Å². The molecule has 2 unspecified atom stereocenters. The summed E-state index contributed by atoms with van der Waals surface area (Å²) in [5.41, 5.74) is -0.458. The van der Waals surface area contributed by atoms with Crippen LogP contribution in [0, 0.1) is 17.8 Å². The molecule has 0 aliphatic heterocycles. The molecule has 16 heavy (non-hydrogen) atoms. The van der Waals surface area contributed by atoms with E-state index in [-0.39, 0.29) is 0 Å². The summed E-state index contributed by atoms with van der Waals surface area (Å²) in [5, 5.41) is 11.0. The van der Waals surface area contributed by atoms with Crippen molar-refractivity contribution >= 4 is 0 Å². The van der Waals surface area contributed by atoms with E-state index in [1.165, 1.54) is 12.8 Å². The van der Waals surface area contributed by atoms with Crippen LogP contribution < -0.4 is 0 Å². The molecule has 0 radical (unpaired) electrons. The van der Waals surface area contributed by atoms with E-state index in [9.17, 15) is 5.11 Å². The maximum absolute atomic E-state index is 11.0. The molecule has 2 atom stereocenters. The van der Waals surface area contributed by atoms with Crippen molar-refractivity contribution in [2.75, 3.05) is 0 Å². The second-order valence-corrected chi connectivity index (χ2v) is 5.89. The van der Waals surface area contributed by atoms with Crippen molar-refractivity contribution in [1.29, 1.82) is 0 Å². The van der Waals surface area contributed by atoms with Crippen LogP contribution in [0.5, 0.6) is 0 Å². The Bertz CT molecular complexity index is 174. The van der Waals surface area contributed by atoms with Crippen molar-refractivity contribution in [2.45, 2.75) is 79.2 Å². The average molecular weight is 228 g/mol. The van der Waals surface area contributed by atoms with Gasteiger partial charge in [-0.1, -0.05) is 60.8 Å². The smallest absolute Gasteiger partial charge is 0.0701 e. The molecular weight excluding hydrogens is 196 g/mol. The molecule has 1 N–H and O–H groups in total. The summed E-state index contributed by atoms with van der Waals surface area (Å²) in [6.07, 6.45) is 5.59. The lowest BCUT2D eigenvalue weighted by Crippen LogP contribution is -2.45. The summed E-state index contributed by atoms with van der Waals surface area (Å²) >= 11 is 0. The summed E-state index contributed by atoms with van der Waals surface area (Å²) in [4.78, 5) is 0. The van der Waals surface area contributed by atoms with Crippen LogP contribution in [0.25, 0.3) is 0 Å².